The first kappa shape index (κ1) is 11.7. The van der Waals surface area contributed by atoms with Gasteiger partial charge in [-0.05, 0) is 18.1 Å². The number of nitrogens with two attached hydrogens (primary N) is 1. The summed E-state index contributed by atoms with van der Waals surface area (Å²) in [6.07, 6.45) is 0.774. The Morgan fingerprint density at radius 3 is 2.40 bits per heavy atom. The molecule has 0 saturated heterocycles. The summed E-state index contributed by atoms with van der Waals surface area (Å²) in [6.45, 7) is 8.17. The maximum Gasteiger partial charge on any atom is 0.267 e. The fourth-order valence-corrected chi connectivity index (χ4v) is 1.40. The first-order valence-corrected chi connectivity index (χ1v) is 5.16. The molecule has 0 aromatic carbocycles. The van der Waals surface area contributed by atoms with Crippen LogP contribution >= 0.6 is 0 Å². The molecular weight excluding hydrogens is 188 g/mol. The molecule has 3 heteroatoms. The molecule has 15 heavy (non-hydrogen) atoms. The van der Waals surface area contributed by atoms with Gasteiger partial charge in [-0.25, -0.2) is 4.98 Å². The summed E-state index contributed by atoms with van der Waals surface area (Å²) in [6, 6.07) is 3.90. The Kier molecular flexibility index (Phi) is 3.12. The van der Waals surface area contributed by atoms with E-state index >= 15 is 0 Å². The van der Waals surface area contributed by atoms with Crippen LogP contribution in [0.5, 0.6) is 0 Å². The van der Waals surface area contributed by atoms with Crippen LogP contribution < -0.4 is 5.73 Å². The highest BCUT2D eigenvalue weighted by Crippen LogP contribution is 2.21. The fraction of sp³-hybridized carbons (Fsp3) is 0.500. The van der Waals surface area contributed by atoms with Crippen molar-refractivity contribution in [2.45, 2.75) is 39.5 Å². The fourth-order valence-electron chi connectivity index (χ4n) is 1.40. The lowest BCUT2D eigenvalue weighted by molar-refractivity contribution is 0.0994. The number of carbonyl (C=O) groups excluding carboxylic acids is 1. The van der Waals surface area contributed by atoms with Gasteiger partial charge >= 0.3 is 0 Å². The Morgan fingerprint density at radius 1 is 1.40 bits per heavy atom. The third kappa shape index (κ3) is 2.55. The van der Waals surface area contributed by atoms with Crippen LogP contribution in [-0.2, 0) is 11.8 Å². The molecule has 1 heterocycles. The second kappa shape index (κ2) is 4.01. The highest BCUT2D eigenvalue weighted by atomic mass is 16.1. The number of amides is 1. The van der Waals surface area contributed by atoms with Crippen molar-refractivity contribution in [1.82, 2.24) is 4.98 Å². The largest absolute Gasteiger partial charge is 0.364 e. The minimum Gasteiger partial charge on any atom is -0.364 e. The lowest BCUT2D eigenvalue weighted by Gasteiger charge is -2.19. The van der Waals surface area contributed by atoms with Gasteiger partial charge in [-0.2, -0.15) is 0 Å². The molecule has 1 amide bonds. The smallest absolute Gasteiger partial charge is 0.267 e. The zero-order valence-electron chi connectivity index (χ0n) is 9.79. The van der Waals surface area contributed by atoms with Crippen molar-refractivity contribution < 1.29 is 4.79 Å². The summed E-state index contributed by atoms with van der Waals surface area (Å²) in [5.41, 5.74) is 7.46. The van der Waals surface area contributed by atoms with E-state index in [0.29, 0.717) is 5.69 Å². The van der Waals surface area contributed by atoms with Crippen LogP contribution in [0.3, 0.4) is 0 Å². The summed E-state index contributed by atoms with van der Waals surface area (Å²) in [7, 11) is 0. The highest BCUT2D eigenvalue weighted by Gasteiger charge is 2.18. The minimum absolute atomic E-state index is 0.0591. The molecule has 0 aliphatic heterocycles. The molecule has 2 N–H and O–H groups in total. The maximum absolute atomic E-state index is 11.2. The topological polar surface area (TPSA) is 56.0 Å². The highest BCUT2D eigenvalue weighted by molar-refractivity contribution is 5.92. The van der Waals surface area contributed by atoms with E-state index in [1.54, 1.807) is 0 Å². The summed E-state index contributed by atoms with van der Waals surface area (Å²) in [5, 5.41) is 0. The zero-order chi connectivity index (χ0) is 11.6. The number of aryl methyl sites for hydroxylation is 1. The summed E-state index contributed by atoms with van der Waals surface area (Å²) in [4.78, 5) is 15.6. The van der Waals surface area contributed by atoms with Gasteiger partial charge in [0.15, 0.2) is 0 Å². The molecule has 3 nitrogen and oxygen atoms in total. The van der Waals surface area contributed by atoms with E-state index in [0.717, 1.165) is 17.7 Å². The zero-order valence-corrected chi connectivity index (χ0v) is 9.79. The lowest BCUT2D eigenvalue weighted by atomic mass is 9.91. The van der Waals surface area contributed by atoms with Gasteiger partial charge in [-0.15, -0.1) is 0 Å². The number of nitrogens with zero attached hydrogens (tertiary/aromatic N) is 1. The van der Waals surface area contributed by atoms with Crippen LogP contribution in [-0.4, -0.2) is 10.9 Å². The molecule has 0 atom stereocenters. The molecule has 0 aliphatic carbocycles. The Morgan fingerprint density at radius 2 is 2.00 bits per heavy atom. The molecule has 0 bridgehead atoms. The molecule has 1 rings (SSSR count). The van der Waals surface area contributed by atoms with Gasteiger partial charge in [0.05, 0.1) is 0 Å². The van der Waals surface area contributed by atoms with Crippen LogP contribution in [0, 0.1) is 0 Å². The monoisotopic (exact) mass is 206 g/mol. The quantitative estimate of drug-likeness (QED) is 0.805. The number of pyridine rings is 1. The van der Waals surface area contributed by atoms with Gasteiger partial charge in [-0.3, -0.25) is 4.79 Å². The van der Waals surface area contributed by atoms with Gasteiger partial charge in [0.1, 0.15) is 5.69 Å². The first-order valence-electron chi connectivity index (χ1n) is 5.16. The third-order valence-electron chi connectivity index (χ3n) is 2.36. The average molecular weight is 206 g/mol. The van der Waals surface area contributed by atoms with Crippen LogP contribution in [0.25, 0.3) is 0 Å². The van der Waals surface area contributed by atoms with Crippen molar-refractivity contribution >= 4 is 5.91 Å². The van der Waals surface area contributed by atoms with Crippen molar-refractivity contribution in [2.24, 2.45) is 5.73 Å². The SMILES string of the molecule is CCc1ccc(C(C)(C)C)nc1C(N)=O. The molecule has 0 saturated carbocycles. The van der Waals surface area contributed by atoms with Gasteiger partial charge in [0.25, 0.3) is 5.91 Å². The Bertz CT molecular complexity index is 378. The van der Waals surface area contributed by atoms with Gasteiger partial charge in [0.2, 0.25) is 0 Å². The molecule has 1 aromatic rings. The van der Waals surface area contributed by atoms with Crippen molar-refractivity contribution in [3.8, 4) is 0 Å². The molecule has 82 valence electrons. The Balaban J connectivity index is 3.28. The van der Waals surface area contributed by atoms with Crippen LogP contribution in [0.2, 0.25) is 0 Å². The maximum atomic E-state index is 11.2. The second-order valence-corrected chi connectivity index (χ2v) is 4.67. The molecule has 0 unspecified atom stereocenters. The number of rotatable bonds is 2. The summed E-state index contributed by atoms with van der Waals surface area (Å²) >= 11 is 0. The van der Waals surface area contributed by atoms with Crippen molar-refractivity contribution in [2.75, 3.05) is 0 Å². The van der Waals surface area contributed by atoms with Gasteiger partial charge in [-0.1, -0.05) is 33.8 Å². The van der Waals surface area contributed by atoms with Gasteiger partial charge in [0, 0.05) is 11.1 Å². The molecule has 1 aromatic heterocycles. The van der Waals surface area contributed by atoms with Crippen LogP contribution in [0.1, 0.15) is 49.4 Å². The van der Waals surface area contributed by atoms with E-state index in [2.05, 4.69) is 25.8 Å². The van der Waals surface area contributed by atoms with E-state index in [1.165, 1.54) is 0 Å². The number of primary amides is 1. The van der Waals surface area contributed by atoms with Crippen molar-refractivity contribution in [3.05, 3.63) is 29.1 Å². The Labute approximate surface area is 90.7 Å². The van der Waals surface area contributed by atoms with Crippen molar-refractivity contribution in [1.29, 1.82) is 0 Å². The van der Waals surface area contributed by atoms with E-state index in [-0.39, 0.29) is 5.41 Å². The average Bonchev–Trinajstić information content (AvgIpc) is 2.15. The number of hydrogen-bond acceptors (Lipinski definition) is 2. The molecule has 0 aliphatic rings. The Hall–Kier alpha value is -1.38. The molecule has 0 spiro atoms. The predicted molar refractivity (Wildman–Crippen MR) is 60.8 cm³/mol. The summed E-state index contributed by atoms with van der Waals surface area (Å²) in [5.74, 6) is -0.446. The van der Waals surface area contributed by atoms with E-state index in [1.807, 2.05) is 19.1 Å². The number of aromatic nitrogens is 1. The molecular formula is C12H18N2O. The summed E-state index contributed by atoms with van der Waals surface area (Å²) < 4.78 is 0. The molecule has 0 fully saturated rings. The molecule has 0 radical (unpaired) electrons. The standard InChI is InChI=1S/C12H18N2O/c1-5-8-6-7-9(12(2,3)4)14-10(8)11(13)15/h6-7H,5H2,1-4H3,(H2,13,15). The van der Waals surface area contributed by atoms with E-state index < -0.39 is 5.91 Å². The van der Waals surface area contributed by atoms with Gasteiger partial charge < -0.3 is 5.73 Å². The van der Waals surface area contributed by atoms with E-state index in [9.17, 15) is 4.79 Å². The van der Waals surface area contributed by atoms with E-state index in [4.69, 9.17) is 5.73 Å². The first-order chi connectivity index (χ1) is 6.86. The van der Waals surface area contributed by atoms with Crippen LogP contribution in [0.15, 0.2) is 12.1 Å². The number of carbonyl (C=O) groups is 1. The third-order valence-corrected chi connectivity index (χ3v) is 2.36. The normalized spacial score (nSPS) is 11.5. The number of hydrogen-bond donors (Lipinski definition) is 1. The predicted octanol–water partition coefficient (Wildman–Crippen LogP) is 2.04. The minimum atomic E-state index is -0.446. The lowest BCUT2D eigenvalue weighted by Crippen LogP contribution is -2.21. The second-order valence-electron chi connectivity index (χ2n) is 4.67. The van der Waals surface area contributed by atoms with Crippen molar-refractivity contribution in [3.63, 3.8) is 0 Å². The van der Waals surface area contributed by atoms with Crippen LogP contribution in [0.4, 0.5) is 0 Å².